The van der Waals surface area contributed by atoms with Crippen molar-refractivity contribution < 1.29 is 0 Å². The molecule has 0 radical (unpaired) electrons. The van der Waals surface area contributed by atoms with Crippen molar-refractivity contribution in [1.82, 2.24) is 9.13 Å². The van der Waals surface area contributed by atoms with E-state index >= 15 is 0 Å². The van der Waals surface area contributed by atoms with Crippen LogP contribution in [0.2, 0.25) is 0 Å². The average molecular weight is 182 g/mol. The molecule has 0 fully saturated rings. The standard InChI is InChI=1S/C7H10N4O2/c1-9-5-4(8)6(12)11(3)7(13)10(5)2/h1,8H2,2-3H3. The molecule has 0 atom stereocenters. The minimum absolute atomic E-state index is 0.0698. The molecule has 0 aliphatic carbocycles. The van der Waals surface area contributed by atoms with Crippen molar-refractivity contribution in [2.75, 3.05) is 5.73 Å². The van der Waals surface area contributed by atoms with Crippen LogP contribution in [-0.4, -0.2) is 15.9 Å². The SMILES string of the molecule is C=Nc1c(N)c(=O)n(C)c(=O)n1C. The Labute approximate surface area is 73.9 Å². The summed E-state index contributed by atoms with van der Waals surface area (Å²) < 4.78 is 2.09. The van der Waals surface area contributed by atoms with Gasteiger partial charge in [-0.15, -0.1) is 0 Å². The molecule has 13 heavy (non-hydrogen) atoms. The molecule has 1 rings (SSSR count). The number of rotatable bonds is 1. The Kier molecular flexibility index (Phi) is 2.05. The molecule has 0 aromatic carbocycles. The number of hydrogen-bond donors (Lipinski definition) is 1. The normalized spacial score (nSPS) is 10.0. The fraction of sp³-hybridized carbons (Fsp3) is 0.286. The molecular weight excluding hydrogens is 172 g/mol. The third-order valence-corrected chi connectivity index (χ3v) is 1.82. The van der Waals surface area contributed by atoms with Crippen LogP contribution in [0.3, 0.4) is 0 Å². The quantitative estimate of drug-likeness (QED) is 0.565. The predicted molar refractivity (Wildman–Crippen MR) is 50.5 cm³/mol. The number of nitrogens with two attached hydrogens (primary N) is 1. The monoisotopic (exact) mass is 182 g/mol. The van der Waals surface area contributed by atoms with Gasteiger partial charge in [0.15, 0.2) is 5.82 Å². The third-order valence-electron chi connectivity index (χ3n) is 1.82. The highest BCUT2D eigenvalue weighted by Gasteiger charge is 2.10. The smallest absolute Gasteiger partial charge is 0.332 e. The lowest BCUT2D eigenvalue weighted by Gasteiger charge is -2.07. The fourth-order valence-electron chi connectivity index (χ4n) is 1.05. The van der Waals surface area contributed by atoms with Crippen molar-refractivity contribution in [3.8, 4) is 0 Å². The Morgan fingerprint density at radius 1 is 1.31 bits per heavy atom. The van der Waals surface area contributed by atoms with Gasteiger partial charge in [-0.05, 0) is 6.72 Å². The van der Waals surface area contributed by atoms with Crippen LogP contribution in [-0.2, 0) is 14.1 Å². The highest BCUT2D eigenvalue weighted by Crippen LogP contribution is 2.12. The van der Waals surface area contributed by atoms with E-state index in [1.807, 2.05) is 0 Å². The molecule has 1 aromatic heterocycles. The van der Waals surface area contributed by atoms with Gasteiger partial charge in [-0.25, -0.2) is 9.79 Å². The molecule has 0 saturated heterocycles. The lowest BCUT2D eigenvalue weighted by molar-refractivity contribution is 0.693. The fourth-order valence-corrected chi connectivity index (χ4v) is 1.05. The molecule has 0 spiro atoms. The minimum Gasteiger partial charge on any atom is -0.391 e. The van der Waals surface area contributed by atoms with Crippen molar-refractivity contribution in [3.05, 3.63) is 20.8 Å². The molecule has 0 saturated carbocycles. The van der Waals surface area contributed by atoms with E-state index in [4.69, 9.17) is 5.73 Å². The van der Waals surface area contributed by atoms with Gasteiger partial charge in [-0.3, -0.25) is 13.9 Å². The van der Waals surface area contributed by atoms with Crippen molar-refractivity contribution in [3.63, 3.8) is 0 Å². The van der Waals surface area contributed by atoms with E-state index in [1.165, 1.54) is 18.7 Å². The minimum atomic E-state index is -0.550. The van der Waals surface area contributed by atoms with Gasteiger partial charge in [0.25, 0.3) is 5.56 Å². The van der Waals surface area contributed by atoms with E-state index in [9.17, 15) is 9.59 Å². The summed E-state index contributed by atoms with van der Waals surface area (Å²) in [4.78, 5) is 26.1. The van der Waals surface area contributed by atoms with Crippen LogP contribution >= 0.6 is 0 Å². The Balaban J connectivity index is 3.88. The van der Waals surface area contributed by atoms with Gasteiger partial charge in [0, 0.05) is 14.1 Å². The first-order valence-corrected chi connectivity index (χ1v) is 3.53. The van der Waals surface area contributed by atoms with Crippen molar-refractivity contribution in [2.45, 2.75) is 0 Å². The zero-order valence-corrected chi connectivity index (χ0v) is 7.44. The topological polar surface area (TPSA) is 82.4 Å². The molecule has 70 valence electrons. The van der Waals surface area contributed by atoms with Crippen molar-refractivity contribution in [1.29, 1.82) is 0 Å². The molecule has 2 N–H and O–H groups in total. The number of aromatic nitrogens is 2. The maximum absolute atomic E-state index is 11.3. The van der Waals surface area contributed by atoms with Crippen LogP contribution < -0.4 is 17.0 Å². The van der Waals surface area contributed by atoms with Gasteiger partial charge in [-0.1, -0.05) is 0 Å². The van der Waals surface area contributed by atoms with Crippen LogP contribution in [0.5, 0.6) is 0 Å². The Morgan fingerprint density at radius 3 is 2.31 bits per heavy atom. The van der Waals surface area contributed by atoms with Crippen LogP contribution in [0, 0.1) is 0 Å². The molecule has 0 aliphatic heterocycles. The van der Waals surface area contributed by atoms with E-state index in [2.05, 4.69) is 11.7 Å². The Bertz CT molecular complexity index is 431. The summed E-state index contributed by atoms with van der Waals surface area (Å²) in [5, 5.41) is 0. The van der Waals surface area contributed by atoms with Gasteiger partial charge < -0.3 is 5.73 Å². The van der Waals surface area contributed by atoms with Crippen molar-refractivity contribution >= 4 is 18.2 Å². The summed E-state index contributed by atoms with van der Waals surface area (Å²) in [6.45, 7) is 3.23. The zero-order chi connectivity index (χ0) is 10.2. The van der Waals surface area contributed by atoms with Crippen LogP contribution in [0.1, 0.15) is 0 Å². The van der Waals surface area contributed by atoms with E-state index in [1.54, 1.807) is 0 Å². The summed E-state index contributed by atoms with van der Waals surface area (Å²) in [7, 11) is 2.83. The average Bonchev–Trinajstić information content (AvgIpc) is 2.13. The molecule has 6 nitrogen and oxygen atoms in total. The van der Waals surface area contributed by atoms with Crippen LogP contribution in [0.25, 0.3) is 0 Å². The summed E-state index contributed by atoms with van der Waals surface area (Å²) in [5.41, 5.74) is 4.35. The number of hydrogen-bond acceptors (Lipinski definition) is 4. The molecule has 0 bridgehead atoms. The van der Waals surface area contributed by atoms with E-state index in [0.29, 0.717) is 0 Å². The summed E-state index contributed by atoms with van der Waals surface area (Å²) in [5.74, 6) is 0.105. The van der Waals surface area contributed by atoms with Crippen LogP contribution in [0.15, 0.2) is 14.6 Å². The van der Waals surface area contributed by atoms with E-state index in [-0.39, 0.29) is 11.5 Å². The first-order valence-electron chi connectivity index (χ1n) is 3.53. The van der Waals surface area contributed by atoms with E-state index in [0.717, 1.165) is 4.57 Å². The molecule has 0 aliphatic rings. The maximum atomic E-state index is 11.3. The summed E-state index contributed by atoms with van der Waals surface area (Å²) in [6, 6.07) is 0. The van der Waals surface area contributed by atoms with Gasteiger partial charge in [-0.2, -0.15) is 0 Å². The lowest BCUT2D eigenvalue weighted by Crippen LogP contribution is -2.38. The number of nitrogen functional groups attached to an aromatic ring is 1. The first-order chi connectivity index (χ1) is 6.00. The Hall–Kier alpha value is -1.85. The Morgan fingerprint density at radius 2 is 1.85 bits per heavy atom. The lowest BCUT2D eigenvalue weighted by atomic mass is 10.4. The third kappa shape index (κ3) is 1.16. The van der Waals surface area contributed by atoms with Crippen LogP contribution in [0.4, 0.5) is 11.5 Å². The molecule has 0 amide bonds. The predicted octanol–water partition coefficient (Wildman–Crippen LogP) is -1.00. The van der Waals surface area contributed by atoms with Crippen molar-refractivity contribution in [2.24, 2.45) is 19.1 Å². The molecule has 1 heterocycles. The zero-order valence-electron chi connectivity index (χ0n) is 7.44. The molecular formula is C7H10N4O2. The van der Waals surface area contributed by atoms with Gasteiger partial charge >= 0.3 is 5.69 Å². The first kappa shape index (κ1) is 9.24. The summed E-state index contributed by atoms with van der Waals surface area (Å²) >= 11 is 0. The number of nitrogens with zero attached hydrogens (tertiary/aromatic N) is 3. The number of aliphatic imine (C=N–C) groups is 1. The molecule has 6 heteroatoms. The summed E-state index contributed by atoms with van der Waals surface area (Å²) in [6.07, 6.45) is 0. The van der Waals surface area contributed by atoms with Gasteiger partial charge in [0.05, 0.1) is 0 Å². The van der Waals surface area contributed by atoms with Gasteiger partial charge in [0.1, 0.15) is 5.69 Å². The highest BCUT2D eigenvalue weighted by molar-refractivity contribution is 5.59. The second kappa shape index (κ2) is 2.89. The highest BCUT2D eigenvalue weighted by atomic mass is 16.2. The number of anilines is 1. The van der Waals surface area contributed by atoms with E-state index < -0.39 is 11.2 Å². The molecule has 0 unspecified atom stereocenters. The second-order valence-electron chi connectivity index (χ2n) is 2.60. The largest absolute Gasteiger partial charge is 0.391 e. The molecule has 1 aromatic rings. The second-order valence-corrected chi connectivity index (χ2v) is 2.60. The van der Waals surface area contributed by atoms with Gasteiger partial charge in [0.2, 0.25) is 0 Å². The maximum Gasteiger partial charge on any atom is 0.332 e.